The molecule has 6 nitrogen and oxygen atoms in total. The van der Waals surface area contributed by atoms with Gasteiger partial charge in [0.05, 0.1) is 11.2 Å². The number of nitrogens with zero attached hydrogens (tertiary/aromatic N) is 4. The number of rotatable bonds is 4. The average molecular weight is 444 g/mol. The van der Waals surface area contributed by atoms with E-state index in [0.717, 1.165) is 38.0 Å². The summed E-state index contributed by atoms with van der Waals surface area (Å²) in [6.45, 7) is 12.5. The normalized spacial score (nSPS) is 11.8. The summed E-state index contributed by atoms with van der Waals surface area (Å²) in [4.78, 5) is 21.4. The molecule has 0 atom stereocenters. The minimum Gasteiger partial charge on any atom is -0.311 e. The van der Waals surface area contributed by atoms with Crippen LogP contribution in [0.5, 0.6) is 0 Å². The maximum atomic E-state index is 12.4. The number of aryl methyl sites for hydroxylation is 3. The molecule has 3 aromatic rings. The zero-order valence-corrected chi connectivity index (χ0v) is 18.8. The SMILES string of the molecule is Cc1nc2c(c(C)nn2C(C)(C)C)c(C)c1CCC(=O)Nc1ccc(Br)cn1. The van der Waals surface area contributed by atoms with Crippen molar-refractivity contribution in [2.45, 2.75) is 59.9 Å². The second kappa shape index (κ2) is 7.62. The molecule has 0 saturated heterocycles. The van der Waals surface area contributed by atoms with Crippen LogP contribution in [0.1, 0.15) is 49.7 Å². The highest BCUT2D eigenvalue weighted by Gasteiger charge is 2.23. The van der Waals surface area contributed by atoms with Crippen LogP contribution in [0.2, 0.25) is 0 Å². The highest BCUT2D eigenvalue weighted by molar-refractivity contribution is 9.10. The molecule has 3 heterocycles. The molecule has 0 aliphatic carbocycles. The Balaban J connectivity index is 1.84. The second-order valence-electron chi connectivity index (χ2n) is 8.08. The van der Waals surface area contributed by atoms with Crippen molar-refractivity contribution < 1.29 is 4.79 Å². The molecule has 148 valence electrons. The van der Waals surface area contributed by atoms with Crippen LogP contribution in [-0.4, -0.2) is 25.7 Å². The average Bonchev–Trinajstić information content (AvgIpc) is 2.93. The maximum absolute atomic E-state index is 12.4. The summed E-state index contributed by atoms with van der Waals surface area (Å²) in [5.41, 5.74) is 4.96. The Bertz CT molecular complexity index is 1030. The van der Waals surface area contributed by atoms with E-state index in [1.165, 1.54) is 0 Å². The predicted molar refractivity (Wildman–Crippen MR) is 116 cm³/mol. The van der Waals surface area contributed by atoms with Crippen LogP contribution in [0, 0.1) is 20.8 Å². The van der Waals surface area contributed by atoms with Gasteiger partial charge in [-0.25, -0.2) is 14.6 Å². The van der Waals surface area contributed by atoms with Crippen LogP contribution in [0.15, 0.2) is 22.8 Å². The maximum Gasteiger partial charge on any atom is 0.225 e. The number of hydrogen-bond donors (Lipinski definition) is 1. The first-order valence-electron chi connectivity index (χ1n) is 9.35. The van der Waals surface area contributed by atoms with Gasteiger partial charge >= 0.3 is 0 Å². The highest BCUT2D eigenvalue weighted by atomic mass is 79.9. The Hall–Kier alpha value is -2.28. The van der Waals surface area contributed by atoms with Crippen LogP contribution in [0.4, 0.5) is 5.82 Å². The fourth-order valence-corrected chi connectivity index (χ4v) is 3.67. The molecular formula is C21H26BrN5O. The zero-order valence-electron chi connectivity index (χ0n) is 17.2. The van der Waals surface area contributed by atoms with E-state index < -0.39 is 0 Å². The van der Waals surface area contributed by atoms with Crippen molar-refractivity contribution in [1.82, 2.24) is 19.7 Å². The minimum atomic E-state index is -0.141. The molecule has 3 aromatic heterocycles. The standard InChI is InChI=1S/C21H26BrN5O/c1-12-16(8-10-18(28)25-17-9-7-15(22)11-23-17)13(2)24-20-19(12)14(3)26-27(20)21(4,5)6/h7,9,11H,8,10H2,1-6H3,(H,23,25,28). The van der Waals surface area contributed by atoms with E-state index >= 15 is 0 Å². The van der Waals surface area contributed by atoms with E-state index in [9.17, 15) is 4.79 Å². The number of hydrogen-bond acceptors (Lipinski definition) is 4. The van der Waals surface area contributed by atoms with Crippen molar-refractivity contribution in [2.24, 2.45) is 0 Å². The number of carbonyl (C=O) groups excluding carboxylic acids is 1. The molecule has 0 fully saturated rings. The van der Waals surface area contributed by atoms with E-state index in [1.54, 1.807) is 12.3 Å². The van der Waals surface area contributed by atoms with E-state index in [4.69, 9.17) is 10.1 Å². The Kier molecular flexibility index (Phi) is 5.57. The summed E-state index contributed by atoms with van der Waals surface area (Å²) >= 11 is 3.34. The second-order valence-corrected chi connectivity index (χ2v) is 8.99. The highest BCUT2D eigenvalue weighted by Crippen LogP contribution is 2.29. The van der Waals surface area contributed by atoms with Crippen molar-refractivity contribution in [3.05, 3.63) is 45.3 Å². The minimum absolute atomic E-state index is 0.0594. The number of fused-ring (bicyclic) bond motifs is 1. The number of pyridine rings is 2. The molecule has 0 aromatic carbocycles. The summed E-state index contributed by atoms with van der Waals surface area (Å²) < 4.78 is 2.87. The Morgan fingerprint density at radius 3 is 2.50 bits per heavy atom. The number of halogens is 1. The number of anilines is 1. The topological polar surface area (TPSA) is 72.7 Å². The van der Waals surface area contributed by atoms with Crippen LogP contribution in [0.3, 0.4) is 0 Å². The number of nitrogens with one attached hydrogen (secondary N) is 1. The monoisotopic (exact) mass is 443 g/mol. The van der Waals surface area contributed by atoms with Gasteiger partial charge in [-0.05, 0) is 87.2 Å². The van der Waals surface area contributed by atoms with E-state index in [-0.39, 0.29) is 11.4 Å². The smallest absolute Gasteiger partial charge is 0.225 e. The quantitative estimate of drug-likeness (QED) is 0.625. The van der Waals surface area contributed by atoms with E-state index in [2.05, 4.69) is 53.9 Å². The fraction of sp³-hybridized carbons (Fsp3) is 0.429. The molecule has 1 N–H and O–H groups in total. The van der Waals surface area contributed by atoms with Gasteiger partial charge in [-0.15, -0.1) is 0 Å². The van der Waals surface area contributed by atoms with Gasteiger partial charge in [0.1, 0.15) is 5.82 Å². The van der Waals surface area contributed by atoms with Gasteiger partial charge in [-0.1, -0.05) is 0 Å². The van der Waals surface area contributed by atoms with E-state index in [1.807, 2.05) is 24.6 Å². The first kappa shape index (κ1) is 20.5. The third-order valence-corrected chi connectivity index (χ3v) is 5.28. The Morgan fingerprint density at radius 1 is 1.18 bits per heavy atom. The van der Waals surface area contributed by atoms with Crippen molar-refractivity contribution in [3.8, 4) is 0 Å². The van der Waals surface area contributed by atoms with Crippen LogP contribution < -0.4 is 5.32 Å². The summed E-state index contributed by atoms with van der Waals surface area (Å²) in [7, 11) is 0. The number of aromatic nitrogens is 4. The van der Waals surface area contributed by atoms with Crippen LogP contribution >= 0.6 is 15.9 Å². The Morgan fingerprint density at radius 2 is 1.89 bits per heavy atom. The van der Waals surface area contributed by atoms with Gasteiger partial charge in [-0.3, -0.25) is 4.79 Å². The first-order chi connectivity index (χ1) is 13.1. The lowest BCUT2D eigenvalue weighted by molar-refractivity contribution is -0.116. The van der Waals surface area contributed by atoms with Crippen LogP contribution in [-0.2, 0) is 16.8 Å². The zero-order chi connectivity index (χ0) is 20.6. The summed E-state index contributed by atoms with van der Waals surface area (Å²) in [6, 6.07) is 3.63. The first-order valence-corrected chi connectivity index (χ1v) is 10.1. The third kappa shape index (κ3) is 4.09. The Labute approximate surface area is 173 Å². The lowest BCUT2D eigenvalue weighted by Crippen LogP contribution is -2.23. The van der Waals surface area contributed by atoms with E-state index in [0.29, 0.717) is 18.7 Å². The van der Waals surface area contributed by atoms with Gasteiger partial charge in [0.15, 0.2) is 5.65 Å². The predicted octanol–water partition coefficient (Wildman–Crippen LogP) is 4.84. The molecular weight excluding hydrogens is 418 g/mol. The lowest BCUT2D eigenvalue weighted by Gasteiger charge is -2.20. The van der Waals surface area contributed by atoms with Crippen molar-refractivity contribution >= 4 is 38.7 Å². The molecule has 1 amide bonds. The molecule has 7 heteroatoms. The molecule has 0 aliphatic heterocycles. The van der Waals surface area contributed by atoms with Gasteiger partial charge in [0, 0.05) is 28.2 Å². The van der Waals surface area contributed by atoms with Crippen LogP contribution in [0.25, 0.3) is 11.0 Å². The molecule has 0 aliphatic rings. The van der Waals surface area contributed by atoms with Crippen molar-refractivity contribution in [1.29, 1.82) is 0 Å². The fourth-order valence-electron chi connectivity index (χ4n) is 3.44. The molecule has 28 heavy (non-hydrogen) atoms. The molecule has 0 radical (unpaired) electrons. The van der Waals surface area contributed by atoms with Gasteiger partial charge in [0.2, 0.25) is 5.91 Å². The third-order valence-electron chi connectivity index (χ3n) is 4.81. The number of carbonyl (C=O) groups is 1. The lowest BCUT2D eigenvalue weighted by atomic mass is 9.99. The largest absolute Gasteiger partial charge is 0.311 e. The number of amides is 1. The van der Waals surface area contributed by atoms with Crippen molar-refractivity contribution in [3.63, 3.8) is 0 Å². The molecule has 0 unspecified atom stereocenters. The molecule has 0 saturated carbocycles. The van der Waals surface area contributed by atoms with Gasteiger partial charge in [-0.2, -0.15) is 5.10 Å². The summed E-state index contributed by atoms with van der Waals surface area (Å²) in [5.74, 6) is 0.494. The van der Waals surface area contributed by atoms with Gasteiger partial charge < -0.3 is 5.32 Å². The summed E-state index contributed by atoms with van der Waals surface area (Å²) in [6.07, 6.45) is 2.67. The molecule has 0 spiro atoms. The molecule has 3 rings (SSSR count). The van der Waals surface area contributed by atoms with Crippen molar-refractivity contribution in [2.75, 3.05) is 5.32 Å². The summed E-state index contributed by atoms with van der Waals surface area (Å²) in [5, 5.41) is 8.66. The molecule has 0 bridgehead atoms. The van der Waals surface area contributed by atoms with Gasteiger partial charge in [0.25, 0.3) is 0 Å².